The van der Waals surface area contributed by atoms with Gasteiger partial charge in [-0.05, 0) is 72.8 Å². The van der Waals surface area contributed by atoms with E-state index >= 15 is 0 Å². The summed E-state index contributed by atoms with van der Waals surface area (Å²) in [5.74, 6) is 4.27. The van der Waals surface area contributed by atoms with Gasteiger partial charge in [0.2, 0.25) is 0 Å². The lowest BCUT2D eigenvalue weighted by atomic mass is 9.52. The second kappa shape index (κ2) is 13.3. The summed E-state index contributed by atoms with van der Waals surface area (Å²) in [5, 5.41) is 3.72. The molecule has 236 valence electrons. The first-order valence-corrected chi connectivity index (χ1v) is 16.1. The number of hydrogen-bond donors (Lipinski definition) is 1. The van der Waals surface area contributed by atoms with Gasteiger partial charge in [-0.1, -0.05) is 26.5 Å². The van der Waals surface area contributed by atoms with Crippen molar-refractivity contribution in [2.45, 2.75) is 39.2 Å². The highest BCUT2D eigenvalue weighted by molar-refractivity contribution is 5.96. The van der Waals surface area contributed by atoms with Crippen LogP contribution in [-0.2, 0) is 11.2 Å². The lowest BCUT2D eigenvalue weighted by Crippen LogP contribution is -2.53. The molecule has 0 spiro atoms. The number of anilines is 1. The van der Waals surface area contributed by atoms with Crippen LogP contribution >= 0.6 is 0 Å². The summed E-state index contributed by atoms with van der Waals surface area (Å²) < 4.78 is 24.9. The van der Waals surface area contributed by atoms with Crippen LogP contribution in [0.15, 0.2) is 53.0 Å². The Morgan fingerprint density at radius 2 is 1.86 bits per heavy atom. The molecule has 0 aromatic heterocycles. The summed E-state index contributed by atoms with van der Waals surface area (Å²) in [7, 11) is 3.31. The van der Waals surface area contributed by atoms with E-state index in [2.05, 4.69) is 53.7 Å². The van der Waals surface area contributed by atoms with Gasteiger partial charge >= 0.3 is 0 Å². The second-order valence-corrected chi connectivity index (χ2v) is 12.9. The van der Waals surface area contributed by atoms with Gasteiger partial charge in [-0.25, -0.2) is 14.4 Å². The molecular formula is C35H47FN6O2. The van der Waals surface area contributed by atoms with Crippen LogP contribution in [0.3, 0.4) is 0 Å². The average molecular weight is 603 g/mol. The van der Waals surface area contributed by atoms with E-state index < -0.39 is 0 Å². The zero-order valence-corrected chi connectivity index (χ0v) is 26.6. The Balaban J connectivity index is 1.15. The Kier molecular flexibility index (Phi) is 9.23. The molecule has 1 saturated heterocycles. The fourth-order valence-electron chi connectivity index (χ4n) is 7.41. The zero-order valence-electron chi connectivity index (χ0n) is 26.6. The first-order chi connectivity index (χ1) is 21.3. The van der Waals surface area contributed by atoms with E-state index in [0.717, 1.165) is 85.7 Å². The standard InChI is InChI=1S/C35H47FN6O2/c1-23-27-18-31(23)24(2)33(19-27)39-35(41-14-12-40(13-15-41)16-17-43-4)38-28-7-9-30-25(3)42(22-37-34(30)20-28)11-10-26-6-8-29(44-5)21-32(26)36/h6-9,20-24,27,31,33H,3,10-19H2,1-2,4-5H3,(H,38,39). The fraction of sp³-hybridized carbons (Fsp3) is 0.543. The number of nitrogens with zero attached hydrogens (tertiary/aromatic N) is 5. The molecule has 9 heteroatoms. The lowest BCUT2D eigenvalue weighted by molar-refractivity contribution is -0.0289. The molecule has 2 aromatic carbocycles. The van der Waals surface area contributed by atoms with Crippen molar-refractivity contribution in [3.8, 4) is 5.75 Å². The molecular weight excluding hydrogens is 555 g/mol. The lowest BCUT2D eigenvalue weighted by Gasteiger charge is -2.54. The van der Waals surface area contributed by atoms with Crippen molar-refractivity contribution >= 4 is 29.4 Å². The molecule has 5 aliphatic rings. The Morgan fingerprint density at radius 1 is 1.05 bits per heavy atom. The Labute approximate surface area is 261 Å². The van der Waals surface area contributed by atoms with E-state index in [1.54, 1.807) is 32.7 Å². The molecule has 3 saturated carbocycles. The maximum Gasteiger partial charge on any atom is 0.198 e. The minimum Gasteiger partial charge on any atom is -0.497 e. The third-order valence-corrected chi connectivity index (χ3v) is 10.5. The normalized spacial score (nSPS) is 26.8. The van der Waals surface area contributed by atoms with Crippen LogP contribution in [0.5, 0.6) is 5.75 Å². The van der Waals surface area contributed by atoms with Crippen molar-refractivity contribution in [2.24, 2.45) is 33.7 Å². The predicted octanol–water partition coefficient (Wildman–Crippen LogP) is 5.74. The molecule has 8 nitrogen and oxygen atoms in total. The van der Waals surface area contributed by atoms with Gasteiger partial charge in [-0.15, -0.1) is 0 Å². The summed E-state index contributed by atoms with van der Waals surface area (Å²) in [6.07, 6.45) is 4.90. The number of rotatable bonds is 9. The Morgan fingerprint density at radius 3 is 2.57 bits per heavy atom. The molecule has 0 amide bonds. The van der Waals surface area contributed by atoms with E-state index in [9.17, 15) is 4.39 Å². The molecule has 0 radical (unpaired) electrons. The molecule has 2 heterocycles. The molecule has 2 aliphatic heterocycles. The summed E-state index contributed by atoms with van der Waals surface area (Å²) in [6, 6.07) is 11.6. The number of piperazine rings is 1. The van der Waals surface area contributed by atoms with E-state index in [4.69, 9.17) is 19.5 Å². The fourth-order valence-corrected chi connectivity index (χ4v) is 7.41. The summed E-state index contributed by atoms with van der Waals surface area (Å²) >= 11 is 0. The molecule has 5 unspecified atom stereocenters. The maximum atomic E-state index is 14.5. The van der Waals surface area contributed by atoms with Crippen LogP contribution in [0.1, 0.15) is 37.8 Å². The quantitative estimate of drug-likeness (QED) is 0.292. The molecule has 44 heavy (non-hydrogen) atoms. The summed E-state index contributed by atoms with van der Waals surface area (Å²) in [4.78, 5) is 17.1. The van der Waals surface area contributed by atoms with Gasteiger partial charge in [-0.3, -0.25) is 4.90 Å². The minimum absolute atomic E-state index is 0.261. The predicted molar refractivity (Wildman–Crippen MR) is 176 cm³/mol. The Bertz CT molecular complexity index is 1400. The van der Waals surface area contributed by atoms with E-state index in [-0.39, 0.29) is 5.82 Å². The first-order valence-electron chi connectivity index (χ1n) is 16.1. The van der Waals surface area contributed by atoms with Gasteiger partial charge in [0.15, 0.2) is 5.96 Å². The molecule has 7 rings (SSSR count). The maximum absolute atomic E-state index is 14.5. The summed E-state index contributed by atoms with van der Waals surface area (Å²) in [5.41, 5.74) is 4.33. The number of methoxy groups -OCH3 is 2. The Hall–Kier alpha value is -3.43. The van der Waals surface area contributed by atoms with Crippen molar-refractivity contribution in [3.63, 3.8) is 0 Å². The third-order valence-electron chi connectivity index (χ3n) is 10.5. The highest BCUT2D eigenvalue weighted by Gasteiger charge is 2.49. The SMILES string of the molecule is C=C1c2ccc(NC(=NC3CC4CC(C4C)C3C)N3CCN(CCOC)CC3)cc2N=CN1CCc1ccc(OC)cc1F. The number of guanidine groups is 1. The smallest absolute Gasteiger partial charge is 0.198 e. The topological polar surface area (TPSA) is 64.9 Å². The highest BCUT2D eigenvalue weighted by Crippen LogP contribution is 2.54. The number of aliphatic imine (C=N–C) groups is 2. The van der Waals surface area contributed by atoms with Crippen molar-refractivity contribution in [2.75, 3.05) is 65.4 Å². The summed E-state index contributed by atoms with van der Waals surface area (Å²) in [6.45, 7) is 15.3. The highest BCUT2D eigenvalue weighted by atomic mass is 19.1. The molecule has 4 fully saturated rings. The second-order valence-electron chi connectivity index (χ2n) is 12.9. The molecule has 2 aromatic rings. The zero-order chi connectivity index (χ0) is 30.8. The van der Waals surface area contributed by atoms with Crippen molar-refractivity contribution < 1.29 is 13.9 Å². The van der Waals surface area contributed by atoms with Crippen molar-refractivity contribution in [1.82, 2.24) is 14.7 Å². The number of benzene rings is 2. The minimum atomic E-state index is -0.261. The van der Waals surface area contributed by atoms with E-state index in [0.29, 0.717) is 36.2 Å². The number of nitrogens with one attached hydrogen (secondary N) is 1. The van der Waals surface area contributed by atoms with Crippen molar-refractivity contribution in [3.05, 3.63) is 59.9 Å². The van der Waals surface area contributed by atoms with Crippen LogP contribution in [0, 0.1) is 29.5 Å². The van der Waals surface area contributed by atoms with Gasteiger partial charge in [0.05, 0.1) is 31.8 Å². The van der Waals surface area contributed by atoms with Gasteiger partial charge in [0, 0.05) is 69.4 Å². The molecule has 5 atom stereocenters. The van der Waals surface area contributed by atoms with Gasteiger partial charge < -0.3 is 24.6 Å². The number of halogens is 1. The van der Waals surface area contributed by atoms with Gasteiger partial charge in [0.25, 0.3) is 0 Å². The van der Waals surface area contributed by atoms with Crippen molar-refractivity contribution in [1.29, 1.82) is 0 Å². The van der Waals surface area contributed by atoms with Crippen LogP contribution in [-0.4, -0.2) is 93.1 Å². The van der Waals surface area contributed by atoms with E-state index in [1.807, 2.05) is 4.90 Å². The molecule has 2 bridgehead atoms. The van der Waals surface area contributed by atoms with Crippen LogP contribution in [0.25, 0.3) is 5.70 Å². The number of fused-ring (bicyclic) bond motifs is 3. The molecule has 1 N–H and O–H groups in total. The number of ether oxygens (including phenoxy) is 2. The van der Waals surface area contributed by atoms with Crippen LogP contribution < -0.4 is 10.1 Å². The number of hydrogen-bond acceptors (Lipinski definition) is 6. The van der Waals surface area contributed by atoms with E-state index in [1.165, 1.54) is 18.9 Å². The van der Waals surface area contributed by atoms with Crippen LogP contribution in [0.4, 0.5) is 15.8 Å². The van der Waals surface area contributed by atoms with Gasteiger partial charge in [0.1, 0.15) is 11.6 Å². The molecule has 3 aliphatic carbocycles. The van der Waals surface area contributed by atoms with Gasteiger partial charge in [-0.2, -0.15) is 0 Å². The first kappa shape index (κ1) is 30.6. The van der Waals surface area contributed by atoms with Crippen LogP contribution in [0.2, 0.25) is 0 Å². The average Bonchev–Trinajstić information content (AvgIpc) is 3.04. The third kappa shape index (κ3) is 6.35. The largest absolute Gasteiger partial charge is 0.497 e. The monoisotopic (exact) mass is 602 g/mol.